The van der Waals surface area contributed by atoms with E-state index in [0.29, 0.717) is 13.1 Å². The molecule has 2 heterocycles. The number of likely N-dealkylation sites (tertiary alicyclic amines) is 1. The molecule has 5 nitrogen and oxygen atoms in total. The predicted molar refractivity (Wildman–Crippen MR) is 78.5 cm³/mol. The first-order valence-electron chi connectivity index (χ1n) is 7.15. The molecule has 2 saturated heterocycles. The molecule has 0 amide bonds. The zero-order valence-electron chi connectivity index (χ0n) is 11.7. The highest BCUT2D eigenvalue weighted by Gasteiger charge is 2.52. The fourth-order valence-corrected chi connectivity index (χ4v) is 6.15. The molecule has 1 N–H and O–H groups in total. The minimum Gasteiger partial charge on any atom is -0.481 e. The quantitative estimate of drug-likeness (QED) is 0.898. The first-order chi connectivity index (χ1) is 9.95. The van der Waals surface area contributed by atoms with Gasteiger partial charge in [-0.25, -0.2) is 8.42 Å². The lowest BCUT2D eigenvalue weighted by Crippen LogP contribution is -2.27. The first-order valence-corrected chi connectivity index (χ1v) is 8.87. The first kappa shape index (κ1) is 14.5. The number of carboxylic acids is 1. The van der Waals surface area contributed by atoms with Crippen molar-refractivity contribution in [2.24, 2.45) is 11.8 Å². The number of benzene rings is 1. The number of hydrogen-bond acceptors (Lipinski definition) is 4. The van der Waals surface area contributed by atoms with E-state index in [4.69, 9.17) is 5.11 Å². The molecule has 1 aromatic rings. The maximum Gasteiger partial charge on any atom is 0.303 e. The monoisotopic (exact) mass is 309 g/mol. The number of carbonyl (C=O) groups is 1. The zero-order valence-corrected chi connectivity index (χ0v) is 12.5. The number of sulfone groups is 1. The lowest BCUT2D eigenvalue weighted by Gasteiger charge is -2.19. The number of hydrogen-bond donors (Lipinski definition) is 1. The normalized spacial score (nSPS) is 31.1. The van der Waals surface area contributed by atoms with Crippen LogP contribution in [0.2, 0.25) is 0 Å². The third-order valence-electron chi connectivity index (χ3n) is 4.58. The second kappa shape index (κ2) is 5.42. The molecule has 0 spiro atoms. The topological polar surface area (TPSA) is 74.7 Å². The van der Waals surface area contributed by atoms with E-state index < -0.39 is 15.8 Å². The van der Waals surface area contributed by atoms with E-state index in [1.165, 1.54) is 0 Å². The molecule has 21 heavy (non-hydrogen) atoms. The number of rotatable bonds is 4. The van der Waals surface area contributed by atoms with Crippen LogP contribution >= 0.6 is 0 Å². The molecule has 114 valence electrons. The molecule has 2 aliphatic rings. The average Bonchev–Trinajstić information content (AvgIpc) is 2.91. The van der Waals surface area contributed by atoms with E-state index in [-0.39, 0.29) is 29.3 Å². The SMILES string of the molecule is O=C(O)C[C@@H]1CS(=O)(=O)[C@H]2CN(Cc3ccccc3)C[C@@H]12. The van der Waals surface area contributed by atoms with Crippen molar-refractivity contribution in [1.29, 1.82) is 0 Å². The van der Waals surface area contributed by atoms with Crippen LogP contribution < -0.4 is 0 Å². The van der Waals surface area contributed by atoms with Crippen LogP contribution in [0.1, 0.15) is 12.0 Å². The van der Waals surface area contributed by atoms with Gasteiger partial charge in [0, 0.05) is 26.1 Å². The van der Waals surface area contributed by atoms with Gasteiger partial charge in [-0.3, -0.25) is 9.69 Å². The van der Waals surface area contributed by atoms with Gasteiger partial charge < -0.3 is 5.11 Å². The molecule has 0 saturated carbocycles. The van der Waals surface area contributed by atoms with Gasteiger partial charge in [-0.05, 0) is 17.4 Å². The van der Waals surface area contributed by atoms with Gasteiger partial charge in [-0.2, -0.15) is 0 Å². The Labute approximate surface area is 124 Å². The van der Waals surface area contributed by atoms with Crippen molar-refractivity contribution in [1.82, 2.24) is 4.90 Å². The Balaban J connectivity index is 1.73. The van der Waals surface area contributed by atoms with Crippen LogP contribution in [0.15, 0.2) is 30.3 Å². The minimum absolute atomic E-state index is 0.0326. The Morgan fingerprint density at radius 3 is 2.62 bits per heavy atom. The van der Waals surface area contributed by atoms with Crippen LogP contribution in [0.3, 0.4) is 0 Å². The zero-order chi connectivity index (χ0) is 15.0. The summed E-state index contributed by atoms with van der Waals surface area (Å²) in [5.41, 5.74) is 1.16. The third-order valence-corrected chi connectivity index (χ3v) is 6.90. The largest absolute Gasteiger partial charge is 0.481 e. The van der Waals surface area contributed by atoms with Crippen molar-refractivity contribution in [2.75, 3.05) is 18.8 Å². The molecular formula is C15H19NO4S. The molecule has 0 aromatic heterocycles. The van der Waals surface area contributed by atoms with Crippen LogP contribution in [-0.4, -0.2) is 48.5 Å². The molecule has 0 unspecified atom stereocenters. The van der Waals surface area contributed by atoms with E-state index in [1.54, 1.807) is 0 Å². The van der Waals surface area contributed by atoms with E-state index in [9.17, 15) is 13.2 Å². The summed E-state index contributed by atoms with van der Waals surface area (Å²) in [4.78, 5) is 13.1. The Morgan fingerprint density at radius 1 is 1.24 bits per heavy atom. The standard InChI is InChI=1S/C15H19NO4S/c17-15(18)6-12-10-21(19,20)14-9-16(8-13(12)14)7-11-4-2-1-3-5-11/h1-5,12-14H,6-10H2,(H,17,18)/t12-,13+,14+/m1/s1. The van der Waals surface area contributed by atoms with Gasteiger partial charge in [0.2, 0.25) is 0 Å². The van der Waals surface area contributed by atoms with Gasteiger partial charge in [0.25, 0.3) is 0 Å². The maximum atomic E-state index is 12.2. The van der Waals surface area contributed by atoms with Gasteiger partial charge in [-0.15, -0.1) is 0 Å². The second-order valence-electron chi connectivity index (χ2n) is 6.07. The minimum atomic E-state index is -3.15. The molecular weight excluding hydrogens is 290 g/mol. The molecule has 2 aliphatic heterocycles. The highest BCUT2D eigenvalue weighted by molar-refractivity contribution is 7.92. The van der Waals surface area contributed by atoms with Crippen molar-refractivity contribution in [2.45, 2.75) is 18.2 Å². The van der Waals surface area contributed by atoms with Crippen LogP contribution in [0, 0.1) is 11.8 Å². The number of nitrogens with zero attached hydrogens (tertiary/aromatic N) is 1. The number of fused-ring (bicyclic) bond motifs is 1. The van der Waals surface area contributed by atoms with Gasteiger partial charge >= 0.3 is 5.97 Å². The smallest absolute Gasteiger partial charge is 0.303 e. The summed E-state index contributed by atoms with van der Waals surface area (Å²) in [6.07, 6.45) is -0.0421. The average molecular weight is 309 g/mol. The molecule has 0 aliphatic carbocycles. The Kier molecular flexibility index (Phi) is 3.75. The lowest BCUT2D eigenvalue weighted by molar-refractivity contribution is -0.138. The Hall–Kier alpha value is -1.40. The fourth-order valence-electron chi connectivity index (χ4n) is 3.66. The van der Waals surface area contributed by atoms with E-state index in [2.05, 4.69) is 4.90 Å². The molecule has 1 aromatic carbocycles. The van der Waals surface area contributed by atoms with Crippen molar-refractivity contribution in [3.8, 4) is 0 Å². The molecule has 0 bridgehead atoms. The highest BCUT2D eigenvalue weighted by atomic mass is 32.2. The molecule has 6 heteroatoms. The van der Waals surface area contributed by atoms with Gasteiger partial charge in [0.15, 0.2) is 9.84 Å². The van der Waals surface area contributed by atoms with Crippen molar-refractivity contribution in [3.63, 3.8) is 0 Å². The number of carboxylic acid groups (broad SMARTS) is 1. The van der Waals surface area contributed by atoms with Crippen LogP contribution in [0.25, 0.3) is 0 Å². The van der Waals surface area contributed by atoms with Gasteiger partial charge in [0.05, 0.1) is 11.0 Å². The van der Waals surface area contributed by atoms with Crippen molar-refractivity contribution >= 4 is 15.8 Å². The van der Waals surface area contributed by atoms with Crippen LogP contribution in [-0.2, 0) is 21.2 Å². The summed E-state index contributed by atoms with van der Waals surface area (Å²) >= 11 is 0. The molecule has 0 radical (unpaired) electrons. The summed E-state index contributed by atoms with van der Waals surface area (Å²) in [6.45, 7) is 1.93. The summed E-state index contributed by atoms with van der Waals surface area (Å²) in [7, 11) is -3.15. The summed E-state index contributed by atoms with van der Waals surface area (Å²) in [6, 6.07) is 9.94. The highest BCUT2D eigenvalue weighted by Crippen LogP contribution is 2.39. The third kappa shape index (κ3) is 2.96. The predicted octanol–water partition coefficient (Wildman–Crippen LogP) is 1.01. The van der Waals surface area contributed by atoms with Crippen LogP contribution in [0.4, 0.5) is 0 Å². The Morgan fingerprint density at radius 2 is 1.95 bits per heavy atom. The van der Waals surface area contributed by atoms with Crippen molar-refractivity contribution in [3.05, 3.63) is 35.9 Å². The summed E-state index contributed by atoms with van der Waals surface area (Å²) < 4.78 is 24.4. The second-order valence-corrected chi connectivity index (χ2v) is 8.33. The fraction of sp³-hybridized carbons (Fsp3) is 0.533. The lowest BCUT2D eigenvalue weighted by atomic mass is 9.90. The van der Waals surface area contributed by atoms with E-state index in [0.717, 1.165) is 12.1 Å². The molecule has 3 atom stereocenters. The molecule has 3 rings (SSSR count). The van der Waals surface area contributed by atoms with E-state index in [1.807, 2.05) is 30.3 Å². The summed E-state index contributed by atoms with van der Waals surface area (Å²) in [5.74, 6) is -1.14. The molecule has 2 fully saturated rings. The van der Waals surface area contributed by atoms with Crippen LogP contribution in [0.5, 0.6) is 0 Å². The maximum absolute atomic E-state index is 12.2. The number of aliphatic carboxylic acids is 1. The van der Waals surface area contributed by atoms with Gasteiger partial charge in [0.1, 0.15) is 0 Å². The Bertz CT molecular complexity index is 628. The van der Waals surface area contributed by atoms with Crippen molar-refractivity contribution < 1.29 is 18.3 Å². The summed E-state index contributed by atoms with van der Waals surface area (Å²) in [5, 5.41) is 8.57. The van der Waals surface area contributed by atoms with E-state index >= 15 is 0 Å². The van der Waals surface area contributed by atoms with Gasteiger partial charge in [-0.1, -0.05) is 30.3 Å².